The Morgan fingerprint density at radius 3 is 2.26 bits per heavy atom. The molecule has 1 fully saturated rings. The molecule has 2 aromatic heterocycles. The van der Waals surface area contributed by atoms with Gasteiger partial charge < -0.3 is 19.1 Å². The predicted molar refractivity (Wildman–Crippen MR) is 138 cm³/mol. The fraction of sp³-hybridized carbons (Fsp3) is 0.435. The molecule has 2 unspecified atom stereocenters. The van der Waals surface area contributed by atoms with Crippen molar-refractivity contribution in [2.45, 2.75) is 37.2 Å². The number of para-hydroxylation sites is 1. The van der Waals surface area contributed by atoms with Crippen molar-refractivity contribution in [2.75, 3.05) is 33.1 Å². The molecule has 1 aliphatic heterocycles. The fourth-order valence-corrected chi connectivity index (χ4v) is 5.54. The van der Waals surface area contributed by atoms with Crippen LogP contribution in [0, 0.1) is 0 Å². The first kappa shape index (κ1) is 27.5. The second kappa shape index (κ2) is 11.1. The number of carbonyl (C=O) groups is 1. The minimum atomic E-state index is -4.16. The van der Waals surface area contributed by atoms with Gasteiger partial charge in [-0.25, -0.2) is 18.4 Å². The number of anilines is 1. The lowest BCUT2D eigenvalue weighted by molar-refractivity contribution is -0.127. The molecule has 1 aromatic carbocycles. The van der Waals surface area contributed by atoms with Crippen molar-refractivity contribution < 1.29 is 27.4 Å². The lowest BCUT2D eigenvalue weighted by atomic mass is 10.2. The highest BCUT2D eigenvalue weighted by atomic mass is 35.5. The summed E-state index contributed by atoms with van der Waals surface area (Å²) in [5, 5.41) is 7.62. The minimum Gasteiger partial charge on any atom is -0.494 e. The fourth-order valence-electron chi connectivity index (χ4n) is 4.32. The number of aromatic nitrogens is 5. The van der Waals surface area contributed by atoms with Crippen LogP contribution < -0.4 is 14.2 Å². The van der Waals surface area contributed by atoms with Crippen LogP contribution in [0.2, 0.25) is 5.02 Å². The highest BCUT2D eigenvalue weighted by Gasteiger charge is 2.38. The summed E-state index contributed by atoms with van der Waals surface area (Å²) in [6, 6.07) is 4.68. The summed E-state index contributed by atoms with van der Waals surface area (Å²) in [6.45, 7) is 1.46. The average Bonchev–Trinajstić information content (AvgIpc) is 3.46. The molecule has 3 heterocycles. The molecule has 15 heteroatoms. The number of rotatable bonds is 10. The number of benzene rings is 1. The van der Waals surface area contributed by atoms with E-state index in [1.165, 1.54) is 45.2 Å². The molecule has 0 spiro atoms. The molecule has 1 N–H and O–H groups in total. The molecule has 3 aromatic rings. The minimum absolute atomic E-state index is 0.0572. The molecule has 0 bridgehead atoms. The lowest BCUT2D eigenvalue weighted by Crippen LogP contribution is -2.33. The molecule has 204 valence electrons. The standard InChI is InChI=1S/C23H28ClN7O6S/c1-13(20(37-5)21-25-11-14(24)12-26-21)38(33,34)29-23-28-27-22(15-9-10-18(32)30(15)2)31(23)19-16(35-3)7-6-8-17(19)36-4/h6-8,11-13,15,20H,9-10H2,1-5H3,(H,28,29)/t13?,15-,20?/m0/s1. The van der Waals surface area contributed by atoms with E-state index in [0.717, 1.165) is 0 Å². The third-order valence-electron chi connectivity index (χ3n) is 6.40. The molecular weight excluding hydrogens is 538 g/mol. The zero-order valence-corrected chi connectivity index (χ0v) is 23.0. The van der Waals surface area contributed by atoms with E-state index in [1.54, 1.807) is 30.1 Å². The number of methoxy groups -OCH3 is 3. The summed E-state index contributed by atoms with van der Waals surface area (Å²) in [7, 11) is 1.83. The number of ether oxygens (including phenoxy) is 3. The van der Waals surface area contributed by atoms with Gasteiger partial charge in [0.05, 0.1) is 25.3 Å². The van der Waals surface area contributed by atoms with Crippen molar-refractivity contribution in [3.63, 3.8) is 0 Å². The summed E-state index contributed by atoms with van der Waals surface area (Å²) >= 11 is 5.88. The molecule has 0 radical (unpaired) electrons. The van der Waals surface area contributed by atoms with Crippen LogP contribution in [0.25, 0.3) is 5.69 Å². The third kappa shape index (κ3) is 5.11. The van der Waals surface area contributed by atoms with Gasteiger partial charge in [0.25, 0.3) is 0 Å². The Kier molecular flexibility index (Phi) is 8.04. The van der Waals surface area contributed by atoms with E-state index in [9.17, 15) is 13.2 Å². The third-order valence-corrected chi connectivity index (χ3v) is 8.29. The van der Waals surface area contributed by atoms with E-state index < -0.39 is 27.4 Å². The first-order valence-electron chi connectivity index (χ1n) is 11.6. The molecule has 1 amide bonds. The summed E-state index contributed by atoms with van der Waals surface area (Å²) < 4.78 is 47.8. The van der Waals surface area contributed by atoms with Crippen molar-refractivity contribution in [3.05, 3.63) is 47.3 Å². The van der Waals surface area contributed by atoms with Crippen molar-refractivity contribution in [3.8, 4) is 17.2 Å². The second-order valence-electron chi connectivity index (χ2n) is 8.56. The SMILES string of the molecule is COc1cccc(OC)c1-n1c(NS(=O)(=O)C(C)C(OC)c2ncc(Cl)cn2)nnc1[C@@H]1CCC(=O)N1C. The number of halogens is 1. The van der Waals surface area contributed by atoms with Gasteiger partial charge in [0.1, 0.15) is 28.5 Å². The van der Waals surface area contributed by atoms with Gasteiger partial charge in [0.15, 0.2) is 11.6 Å². The maximum atomic E-state index is 13.6. The quantitative estimate of drug-likeness (QED) is 0.388. The van der Waals surface area contributed by atoms with Gasteiger partial charge in [0, 0.05) is 33.0 Å². The number of sulfonamides is 1. The van der Waals surface area contributed by atoms with Gasteiger partial charge in [-0.15, -0.1) is 10.2 Å². The van der Waals surface area contributed by atoms with Crippen molar-refractivity contribution in [1.29, 1.82) is 0 Å². The monoisotopic (exact) mass is 565 g/mol. The summed E-state index contributed by atoms with van der Waals surface area (Å²) in [6.07, 6.45) is 2.51. The maximum Gasteiger partial charge on any atom is 0.243 e. The van der Waals surface area contributed by atoms with Gasteiger partial charge >= 0.3 is 0 Å². The Morgan fingerprint density at radius 2 is 1.74 bits per heavy atom. The van der Waals surface area contributed by atoms with E-state index in [4.69, 9.17) is 25.8 Å². The smallest absolute Gasteiger partial charge is 0.243 e. The second-order valence-corrected chi connectivity index (χ2v) is 11.0. The van der Waals surface area contributed by atoms with Crippen LogP contribution in [0.3, 0.4) is 0 Å². The van der Waals surface area contributed by atoms with E-state index in [-0.39, 0.29) is 17.7 Å². The molecule has 1 aliphatic rings. The molecular formula is C23H28ClN7O6S. The number of amides is 1. The number of carbonyl (C=O) groups excluding carboxylic acids is 1. The molecule has 1 saturated heterocycles. The number of hydrogen-bond donors (Lipinski definition) is 1. The average molecular weight is 566 g/mol. The van der Waals surface area contributed by atoms with E-state index in [0.29, 0.717) is 40.9 Å². The lowest BCUT2D eigenvalue weighted by Gasteiger charge is -2.24. The first-order chi connectivity index (χ1) is 18.1. The van der Waals surface area contributed by atoms with E-state index >= 15 is 0 Å². The summed E-state index contributed by atoms with van der Waals surface area (Å²) in [5.41, 5.74) is 0.375. The summed E-state index contributed by atoms with van der Waals surface area (Å²) in [4.78, 5) is 22.1. The van der Waals surface area contributed by atoms with Crippen LogP contribution >= 0.6 is 11.6 Å². The Bertz CT molecular complexity index is 1390. The Hall–Kier alpha value is -3.49. The normalized spacial score (nSPS) is 17.4. The number of nitrogens with zero attached hydrogens (tertiary/aromatic N) is 6. The van der Waals surface area contributed by atoms with Crippen LogP contribution in [0.15, 0.2) is 30.6 Å². The number of nitrogens with one attached hydrogen (secondary N) is 1. The van der Waals surface area contributed by atoms with Crippen LogP contribution in [-0.2, 0) is 19.6 Å². The number of hydrogen-bond acceptors (Lipinski definition) is 10. The number of likely N-dealkylation sites (tertiary alicyclic amines) is 1. The predicted octanol–water partition coefficient (Wildman–Crippen LogP) is 2.54. The first-order valence-corrected chi connectivity index (χ1v) is 13.5. The Balaban J connectivity index is 1.81. The largest absolute Gasteiger partial charge is 0.494 e. The molecule has 13 nitrogen and oxygen atoms in total. The van der Waals surface area contributed by atoms with Crippen LogP contribution in [0.5, 0.6) is 11.5 Å². The molecule has 4 rings (SSSR count). The topological polar surface area (TPSA) is 151 Å². The van der Waals surface area contributed by atoms with Crippen molar-refractivity contribution >= 4 is 33.5 Å². The zero-order chi connectivity index (χ0) is 27.6. The van der Waals surface area contributed by atoms with Crippen molar-refractivity contribution in [2.24, 2.45) is 0 Å². The van der Waals surface area contributed by atoms with Gasteiger partial charge in [0.2, 0.25) is 21.9 Å². The van der Waals surface area contributed by atoms with Gasteiger partial charge in [-0.3, -0.25) is 14.1 Å². The van der Waals surface area contributed by atoms with E-state index in [1.807, 2.05) is 0 Å². The van der Waals surface area contributed by atoms with Gasteiger partial charge in [-0.1, -0.05) is 17.7 Å². The molecule has 0 aliphatic carbocycles. The molecule has 38 heavy (non-hydrogen) atoms. The highest BCUT2D eigenvalue weighted by Crippen LogP contribution is 2.40. The van der Waals surface area contributed by atoms with Crippen LogP contribution in [0.4, 0.5) is 5.95 Å². The molecule has 0 saturated carbocycles. The Labute approximate surface area is 225 Å². The zero-order valence-electron chi connectivity index (χ0n) is 21.5. The Morgan fingerprint density at radius 1 is 1.11 bits per heavy atom. The highest BCUT2D eigenvalue weighted by molar-refractivity contribution is 7.93. The van der Waals surface area contributed by atoms with Crippen LogP contribution in [0.1, 0.15) is 43.6 Å². The van der Waals surface area contributed by atoms with E-state index in [2.05, 4.69) is 24.9 Å². The van der Waals surface area contributed by atoms with Crippen molar-refractivity contribution in [1.82, 2.24) is 29.6 Å². The maximum absolute atomic E-state index is 13.6. The molecule has 3 atom stereocenters. The van der Waals surface area contributed by atoms with Crippen LogP contribution in [-0.4, -0.2) is 77.6 Å². The summed E-state index contributed by atoms with van der Waals surface area (Å²) in [5.74, 6) is 1.09. The van der Waals surface area contributed by atoms with Gasteiger partial charge in [-0.2, -0.15) is 0 Å². The van der Waals surface area contributed by atoms with Gasteiger partial charge in [-0.05, 0) is 25.5 Å².